The fourth-order valence-corrected chi connectivity index (χ4v) is 3.06. The first kappa shape index (κ1) is 13.5. The van der Waals surface area contributed by atoms with Gasteiger partial charge in [-0.15, -0.1) is 0 Å². The number of benzene rings is 1. The van der Waals surface area contributed by atoms with Crippen molar-refractivity contribution in [1.29, 1.82) is 0 Å². The van der Waals surface area contributed by atoms with E-state index in [0.29, 0.717) is 18.1 Å². The van der Waals surface area contributed by atoms with Crippen molar-refractivity contribution in [3.05, 3.63) is 42.1 Å². The molecule has 106 valence electrons. The summed E-state index contributed by atoms with van der Waals surface area (Å²) in [6, 6.07) is 12.9. The molecule has 1 aromatic heterocycles. The van der Waals surface area contributed by atoms with Crippen LogP contribution in [0.25, 0.3) is 10.9 Å². The highest BCUT2D eigenvalue weighted by Crippen LogP contribution is 2.24. The molecule has 3 heteroatoms. The van der Waals surface area contributed by atoms with E-state index in [0.717, 1.165) is 30.7 Å². The Morgan fingerprint density at radius 2 is 2.15 bits per heavy atom. The standard InChI is InChI=1S/C17H22N2O/c1-12-9-10-20-17(12)16(18-2)11-14-8-7-13-5-3-4-6-15(13)19-14/h3-8,12,16-18H,9-11H2,1-2H3. The maximum Gasteiger partial charge on any atom is 0.0758 e. The fraction of sp³-hybridized carbons (Fsp3) is 0.471. The Morgan fingerprint density at radius 3 is 2.90 bits per heavy atom. The Bertz CT molecular complexity index is 584. The highest BCUT2D eigenvalue weighted by atomic mass is 16.5. The zero-order valence-electron chi connectivity index (χ0n) is 12.2. The van der Waals surface area contributed by atoms with Crippen molar-refractivity contribution >= 4 is 10.9 Å². The summed E-state index contributed by atoms with van der Waals surface area (Å²) in [5.74, 6) is 0.618. The topological polar surface area (TPSA) is 34.2 Å². The number of likely N-dealkylation sites (N-methyl/N-ethyl adjacent to an activating group) is 1. The first-order valence-corrected chi connectivity index (χ1v) is 7.41. The second-order valence-electron chi connectivity index (χ2n) is 5.70. The zero-order valence-corrected chi connectivity index (χ0v) is 12.2. The molecule has 0 radical (unpaired) electrons. The number of para-hydroxylation sites is 1. The number of fused-ring (bicyclic) bond motifs is 1. The molecule has 1 fully saturated rings. The molecule has 0 spiro atoms. The van der Waals surface area contributed by atoms with E-state index in [4.69, 9.17) is 9.72 Å². The van der Waals surface area contributed by atoms with Gasteiger partial charge in [0.25, 0.3) is 0 Å². The molecule has 20 heavy (non-hydrogen) atoms. The van der Waals surface area contributed by atoms with Crippen LogP contribution in [0.5, 0.6) is 0 Å². The van der Waals surface area contributed by atoms with E-state index in [9.17, 15) is 0 Å². The highest BCUT2D eigenvalue weighted by molar-refractivity contribution is 5.78. The Morgan fingerprint density at radius 1 is 1.30 bits per heavy atom. The zero-order chi connectivity index (χ0) is 13.9. The molecule has 0 aliphatic carbocycles. The summed E-state index contributed by atoms with van der Waals surface area (Å²) >= 11 is 0. The minimum atomic E-state index is 0.299. The second-order valence-corrected chi connectivity index (χ2v) is 5.70. The fourth-order valence-electron chi connectivity index (χ4n) is 3.06. The van der Waals surface area contributed by atoms with E-state index in [1.165, 1.54) is 5.39 Å². The van der Waals surface area contributed by atoms with Crippen molar-refractivity contribution in [1.82, 2.24) is 10.3 Å². The normalized spacial score (nSPS) is 24.1. The van der Waals surface area contributed by atoms with Crippen LogP contribution in [0, 0.1) is 5.92 Å². The van der Waals surface area contributed by atoms with Gasteiger partial charge in [0.1, 0.15) is 0 Å². The average molecular weight is 270 g/mol. The van der Waals surface area contributed by atoms with Gasteiger partial charge in [-0.25, -0.2) is 0 Å². The molecule has 3 nitrogen and oxygen atoms in total. The smallest absolute Gasteiger partial charge is 0.0758 e. The van der Waals surface area contributed by atoms with Crippen LogP contribution >= 0.6 is 0 Å². The lowest BCUT2D eigenvalue weighted by molar-refractivity contribution is 0.0631. The predicted octanol–water partition coefficient (Wildman–Crippen LogP) is 2.79. The summed E-state index contributed by atoms with van der Waals surface area (Å²) < 4.78 is 5.89. The first-order valence-electron chi connectivity index (χ1n) is 7.41. The third kappa shape index (κ3) is 2.69. The molecule has 1 aliphatic rings. The number of rotatable bonds is 4. The third-order valence-corrected chi connectivity index (χ3v) is 4.30. The predicted molar refractivity (Wildman–Crippen MR) is 81.8 cm³/mol. The lowest BCUT2D eigenvalue weighted by Crippen LogP contribution is -2.42. The van der Waals surface area contributed by atoms with Crippen molar-refractivity contribution in [3.8, 4) is 0 Å². The molecule has 1 N–H and O–H groups in total. The maximum absolute atomic E-state index is 5.89. The molecule has 0 saturated carbocycles. The van der Waals surface area contributed by atoms with Crippen LogP contribution in [0.15, 0.2) is 36.4 Å². The lowest BCUT2D eigenvalue weighted by atomic mass is 9.94. The SMILES string of the molecule is CNC(Cc1ccc2ccccc2n1)C1OCCC1C. The summed E-state index contributed by atoms with van der Waals surface area (Å²) in [7, 11) is 2.01. The Hall–Kier alpha value is -1.45. The highest BCUT2D eigenvalue weighted by Gasteiger charge is 2.31. The number of nitrogens with one attached hydrogen (secondary N) is 1. The molecule has 3 rings (SSSR count). The van der Waals surface area contributed by atoms with Gasteiger partial charge in [-0.2, -0.15) is 0 Å². The summed E-state index contributed by atoms with van der Waals surface area (Å²) in [6.45, 7) is 3.16. The molecular formula is C17H22N2O. The summed E-state index contributed by atoms with van der Waals surface area (Å²) in [5, 5.41) is 4.60. The number of aromatic nitrogens is 1. The van der Waals surface area contributed by atoms with Crippen molar-refractivity contribution in [3.63, 3.8) is 0 Å². The number of nitrogens with zero attached hydrogens (tertiary/aromatic N) is 1. The van der Waals surface area contributed by atoms with Crippen LogP contribution in [-0.4, -0.2) is 30.8 Å². The number of ether oxygens (including phenoxy) is 1. The molecule has 1 aliphatic heterocycles. The van der Waals surface area contributed by atoms with Gasteiger partial charge in [0.15, 0.2) is 0 Å². The number of hydrogen-bond donors (Lipinski definition) is 1. The average Bonchev–Trinajstić information content (AvgIpc) is 2.91. The van der Waals surface area contributed by atoms with Gasteiger partial charge in [-0.05, 0) is 31.5 Å². The van der Waals surface area contributed by atoms with Crippen LogP contribution in [0.3, 0.4) is 0 Å². The molecule has 1 aromatic carbocycles. The van der Waals surface area contributed by atoms with E-state index in [-0.39, 0.29) is 0 Å². The minimum absolute atomic E-state index is 0.299. The summed E-state index contributed by atoms with van der Waals surface area (Å²) in [4.78, 5) is 4.76. The van der Waals surface area contributed by atoms with E-state index in [1.807, 2.05) is 19.2 Å². The van der Waals surface area contributed by atoms with Crippen molar-refractivity contribution in [2.75, 3.05) is 13.7 Å². The van der Waals surface area contributed by atoms with Crippen molar-refractivity contribution in [2.24, 2.45) is 5.92 Å². The van der Waals surface area contributed by atoms with Gasteiger partial charge in [-0.1, -0.05) is 31.2 Å². The molecule has 2 heterocycles. The van der Waals surface area contributed by atoms with E-state index >= 15 is 0 Å². The van der Waals surface area contributed by atoms with Gasteiger partial charge in [0.05, 0.1) is 11.6 Å². The second kappa shape index (κ2) is 5.90. The molecule has 2 aromatic rings. The summed E-state index contributed by atoms with van der Waals surface area (Å²) in [5.41, 5.74) is 2.20. The summed E-state index contributed by atoms with van der Waals surface area (Å²) in [6.07, 6.45) is 2.37. The monoisotopic (exact) mass is 270 g/mol. The molecule has 3 atom stereocenters. The van der Waals surface area contributed by atoms with Gasteiger partial charge in [0.2, 0.25) is 0 Å². The lowest BCUT2D eigenvalue weighted by Gasteiger charge is -2.25. The number of hydrogen-bond acceptors (Lipinski definition) is 3. The molecule has 3 unspecified atom stereocenters. The van der Waals surface area contributed by atoms with E-state index in [2.05, 4.69) is 36.5 Å². The number of pyridine rings is 1. The van der Waals surface area contributed by atoms with Crippen LogP contribution < -0.4 is 5.32 Å². The van der Waals surface area contributed by atoms with E-state index < -0.39 is 0 Å². The van der Waals surface area contributed by atoms with Gasteiger partial charge in [0, 0.05) is 30.1 Å². The van der Waals surface area contributed by atoms with Crippen molar-refractivity contribution in [2.45, 2.75) is 31.9 Å². The molecule has 1 saturated heterocycles. The van der Waals surface area contributed by atoms with Crippen LogP contribution in [0.4, 0.5) is 0 Å². The van der Waals surface area contributed by atoms with E-state index in [1.54, 1.807) is 0 Å². The van der Waals surface area contributed by atoms with Crippen LogP contribution in [0.2, 0.25) is 0 Å². The third-order valence-electron chi connectivity index (χ3n) is 4.30. The maximum atomic E-state index is 5.89. The Balaban J connectivity index is 1.80. The van der Waals surface area contributed by atoms with Gasteiger partial charge < -0.3 is 10.1 Å². The quantitative estimate of drug-likeness (QED) is 0.927. The molecule has 0 amide bonds. The van der Waals surface area contributed by atoms with Gasteiger partial charge in [-0.3, -0.25) is 4.98 Å². The largest absolute Gasteiger partial charge is 0.376 e. The van der Waals surface area contributed by atoms with Crippen molar-refractivity contribution < 1.29 is 4.74 Å². The van der Waals surface area contributed by atoms with Crippen LogP contribution in [0.1, 0.15) is 19.0 Å². The minimum Gasteiger partial charge on any atom is -0.376 e. The molecular weight excluding hydrogens is 248 g/mol. The van der Waals surface area contributed by atoms with Crippen LogP contribution in [-0.2, 0) is 11.2 Å². The first-order chi connectivity index (χ1) is 9.78. The molecule has 0 bridgehead atoms. The van der Waals surface area contributed by atoms with Gasteiger partial charge >= 0.3 is 0 Å². The Kier molecular flexibility index (Phi) is 3.99. The Labute approximate surface area is 120 Å².